The molecule has 35 valence electrons. The van der Waals surface area contributed by atoms with Gasteiger partial charge in [0.2, 0.25) is 0 Å². The average Bonchev–Trinajstić information content (AvgIpc) is 1.69. The molecule has 0 atom stereocenters. The molecule has 0 fully saturated rings. The van der Waals surface area contributed by atoms with Crippen molar-refractivity contribution in [2.45, 2.75) is 0 Å². The predicted octanol–water partition coefficient (Wildman–Crippen LogP) is 1.04. The second-order valence-electron chi connectivity index (χ2n) is 0.970. The number of halogens is 1. The van der Waals surface area contributed by atoms with Gasteiger partial charge in [-0.3, -0.25) is 0 Å². The molecule has 1 aromatic rings. The first-order chi connectivity index (χ1) is 3.39. The van der Waals surface area contributed by atoms with Crippen molar-refractivity contribution in [3.8, 4) is 0 Å². The fourth-order valence-electron chi connectivity index (χ4n) is 0.245. The molecule has 0 unspecified atom stereocenters. The zero-order chi connectivity index (χ0) is 5.11. The normalized spacial score (nSPS) is 8.71. The molecule has 0 aliphatic rings. The van der Waals surface area contributed by atoms with Gasteiger partial charge in [0.1, 0.15) is 10.9 Å². The SMILES string of the molecule is Brc1c[c]ncn1. The molecular formula is C4H2BrN2. The zero-order valence-electron chi connectivity index (χ0n) is 3.43. The van der Waals surface area contributed by atoms with Crippen LogP contribution in [0.4, 0.5) is 0 Å². The minimum Gasteiger partial charge on any atom is -0.235 e. The Morgan fingerprint density at radius 3 is 2.86 bits per heavy atom. The third-order valence-electron chi connectivity index (χ3n) is 0.497. The van der Waals surface area contributed by atoms with Crippen molar-refractivity contribution in [3.05, 3.63) is 23.2 Å². The number of aromatic nitrogens is 2. The van der Waals surface area contributed by atoms with E-state index in [1.165, 1.54) is 6.33 Å². The van der Waals surface area contributed by atoms with Crippen LogP contribution in [0.3, 0.4) is 0 Å². The average molecular weight is 158 g/mol. The summed E-state index contributed by atoms with van der Waals surface area (Å²) in [6, 6.07) is 1.65. The topological polar surface area (TPSA) is 25.8 Å². The van der Waals surface area contributed by atoms with Gasteiger partial charge in [0.15, 0.2) is 0 Å². The van der Waals surface area contributed by atoms with E-state index >= 15 is 0 Å². The van der Waals surface area contributed by atoms with E-state index in [9.17, 15) is 0 Å². The van der Waals surface area contributed by atoms with Crippen molar-refractivity contribution in [3.63, 3.8) is 0 Å². The molecule has 1 heterocycles. The summed E-state index contributed by atoms with van der Waals surface area (Å²) in [6.07, 6.45) is 4.04. The Labute approximate surface area is 49.7 Å². The van der Waals surface area contributed by atoms with E-state index in [1.54, 1.807) is 6.07 Å². The Balaban J connectivity index is 3.02. The van der Waals surface area contributed by atoms with Gasteiger partial charge in [-0.2, -0.15) is 0 Å². The third kappa shape index (κ3) is 1.23. The second-order valence-corrected chi connectivity index (χ2v) is 1.78. The first kappa shape index (κ1) is 4.71. The summed E-state index contributed by atoms with van der Waals surface area (Å²) >= 11 is 3.13. The lowest BCUT2D eigenvalue weighted by molar-refractivity contribution is 1.13. The smallest absolute Gasteiger partial charge is 0.117 e. The lowest BCUT2D eigenvalue weighted by atomic mass is 10.7. The molecule has 1 aromatic heterocycles. The van der Waals surface area contributed by atoms with Gasteiger partial charge < -0.3 is 0 Å². The molecule has 0 aliphatic carbocycles. The minimum atomic E-state index is 0.766. The molecule has 0 spiro atoms. The van der Waals surface area contributed by atoms with E-state index in [4.69, 9.17) is 0 Å². The minimum absolute atomic E-state index is 0.766. The summed E-state index contributed by atoms with van der Waals surface area (Å²) in [5, 5.41) is 0. The molecule has 7 heavy (non-hydrogen) atoms. The summed E-state index contributed by atoms with van der Waals surface area (Å²) in [5.74, 6) is 0. The Kier molecular flexibility index (Phi) is 1.36. The fourth-order valence-corrected chi connectivity index (χ4v) is 0.439. The summed E-state index contributed by atoms with van der Waals surface area (Å²) in [7, 11) is 0. The fraction of sp³-hybridized carbons (Fsp3) is 0. The number of hydrogen-bond acceptors (Lipinski definition) is 2. The van der Waals surface area contributed by atoms with E-state index in [0.29, 0.717) is 0 Å². The van der Waals surface area contributed by atoms with Crippen molar-refractivity contribution in [1.29, 1.82) is 0 Å². The highest BCUT2D eigenvalue weighted by Crippen LogP contribution is 1.98. The Bertz CT molecular complexity index is 140. The first-order valence-electron chi connectivity index (χ1n) is 1.73. The van der Waals surface area contributed by atoms with Gasteiger partial charge in [-0.15, -0.1) is 0 Å². The van der Waals surface area contributed by atoms with Crippen LogP contribution in [0.2, 0.25) is 0 Å². The van der Waals surface area contributed by atoms with Gasteiger partial charge in [-0.05, 0) is 22.0 Å². The van der Waals surface area contributed by atoms with Crippen molar-refractivity contribution in [2.75, 3.05) is 0 Å². The highest BCUT2D eigenvalue weighted by atomic mass is 79.9. The van der Waals surface area contributed by atoms with Crippen molar-refractivity contribution in [1.82, 2.24) is 9.97 Å². The van der Waals surface area contributed by atoms with Crippen LogP contribution in [-0.4, -0.2) is 9.97 Å². The standard InChI is InChI=1S/C4H2BrN2/c5-4-1-2-6-3-7-4/h1,3H. The van der Waals surface area contributed by atoms with E-state index in [1.807, 2.05) is 0 Å². The van der Waals surface area contributed by atoms with Crippen LogP contribution in [0, 0.1) is 6.20 Å². The largest absolute Gasteiger partial charge is 0.235 e. The van der Waals surface area contributed by atoms with Gasteiger partial charge in [-0.25, -0.2) is 9.97 Å². The molecular weight excluding hydrogens is 156 g/mol. The zero-order valence-corrected chi connectivity index (χ0v) is 5.01. The van der Waals surface area contributed by atoms with Crippen LogP contribution in [0.5, 0.6) is 0 Å². The quantitative estimate of drug-likeness (QED) is 0.527. The van der Waals surface area contributed by atoms with Crippen LogP contribution >= 0.6 is 15.9 Å². The maximum atomic E-state index is 3.75. The molecule has 0 aromatic carbocycles. The highest BCUT2D eigenvalue weighted by Gasteiger charge is 1.77. The van der Waals surface area contributed by atoms with Gasteiger partial charge in [-0.1, -0.05) is 0 Å². The molecule has 0 aliphatic heterocycles. The van der Waals surface area contributed by atoms with Crippen molar-refractivity contribution < 1.29 is 0 Å². The predicted molar refractivity (Wildman–Crippen MR) is 28.6 cm³/mol. The van der Waals surface area contributed by atoms with Gasteiger partial charge in [0, 0.05) is 0 Å². The van der Waals surface area contributed by atoms with Crippen LogP contribution < -0.4 is 0 Å². The maximum Gasteiger partial charge on any atom is 0.117 e. The molecule has 3 heteroatoms. The number of rotatable bonds is 0. The van der Waals surface area contributed by atoms with Gasteiger partial charge in [0.05, 0.1) is 6.20 Å². The first-order valence-corrected chi connectivity index (χ1v) is 2.52. The second kappa shape index (κ2) is 2.02. The summed E-state index contributed by atoms with van der Waals surface area (Å²) in [4.78, 5) is 7.33. The molecule has 0 N–H and O–H groups in total. The lowest BCUT2D eigenvalue weighted by Gasteiger charge is -1.78. The number of hydrogen-bond donors (Lipinski definition) is 0. The van der Waals surface area contributed by atoms with Gasteiger partial charge in [0.25, 0.3) is 0 Å². The summed E-state index contributed by atoms with van der Waals surface area (Å²) < 4.78 is 0.766. The van der Waals surface area contributed by atoms with E-state index in [0.717, 1.165) is 4.60 Å². The van der Waals surface area contributed by atoms with Crippen molar-refractivity contribution in [2.24, 2.45) is 0 Å². The summed E-state index contributed by atoms with van der Waals surface area (Å²) in [6.45, 7) is 0. The van der Waals surface area contributed by atoms with Crippen molar-refractivity contribution >= 4 is 15.9 Å². The molecule has 1 rings (SSSR count). The molecule has 0 amide bonds. The summed E-state index contributed by atoms with van der Waals surface area (Å²) in [5.41, 5.74) is 0. The number of nitrogens with zero attached hydrogens (tertiary/aromatic N) is 2. The Hall–Kier alpha value is -0.440. The monoisotopic (exact) mass is 157 g/mol. The molecule has 0 saturated heterocycles. The molecule has 1 radical (unpaired) electrons. The Morgan fingerprint density at radius 2 is 2.57 bits per heavy atom. The maximum absolute atomic E-state index is 3.75. The van der Waals surface area contributed by atoms with E-state index in [-0.39, 0.29) is 0 Å². The van der Waals surface area contributed by atoms with Crippen LogP contribution in [0.25, 0.3) is 0 Å². The Morgan fingerprint density at radius 1 is 1.71 bits per heavy atom. The van der Waals surface area contributed by atoms with Gasteiger partial charge >= 0.3 is 0 Å². The molecule has 0 saturated carbocycles. The van der Waals surface area contributed by atoms with E-state index in [2.05, 4.69) is 32.1 Å². The third-order valence-corrected chi connectivity index (χ3v) is 0.931. The van der Waals surface area contributed by atoms with Crippen LogP contribution in [0.1, 0.15) is 0 Å². The van der Waals surface area contributed by atoms with Crippen LogP contribution in [-0.2, 0) is 0 Å². The molecule has 0 bridgehead atoms. The van der Waals surface area contributed by atoms with Crippen LogP contribution in [0.15, 0.2) is 17.0 Å². The van der Waals surface area contributed by atoms with E-state index < -0.39 is 0 Å². The highest BCUT2D eigenvalue weighted by molar-refractivity contribution is 9.10. The molecule has 2 nitrogen and oxygen atoms in total. The lowest BCUT2D eigenvalue weighted by Crippen LogP contribution is -1.73.